The van der Waals surface area contributed by atoms with Crippen LogP contribution in [-0.2, 0) is 4.74 Å². The number of thiophene rings is 1. The number of amides is 2. The molecule has 2 fully saturated rings. The van der Waals surface area contributed by atoms with Crippen LogP contribution in [0, 0.1) is 0 Å². The van der Waals surface area contributed by atoms with Gasteiger partial charge in [-0.25, -0.2) is 14.3 Å². The van der Waals surface area contributed by atoms with Crippen molar-refractivity contribution in [2.24, 2.45) is 0 Å². The molecule has 0 radical (unpaired) electrons. The summed E-state index contributed by atoms with van der Waals surface area (Å²) >= 11 is 7.58. The third-order valence-electron chi connectivity index (χ3n) is 8.46. The number of nitrogens with zero attached hydrogens (tertiary/aromatic N) is 6. The Kier molecular flexibility index (Phi) is 9.12. The van der Waals surface area contributed by atoms with Crippen LogP contribution in [0.3, 0.4) is 0 Å². The highest BCUT2D eigenvalue weighted by Crippen LogP contribution is 2.36. The molecular formula is C29H37ClN8O5S. The fraction of sp³-hybridized carbons (Fsp3) is 0.517. The molecule has 6 heterocycles. The zero-order valence-corrected chi connectivity index (χ0v) is 26.1. The van der Waals surface area contributed by atoms with E-state index in [0.717, 1.165) is 62.3 Å². The predicted octanol–water partition coefficient (Wildman–Crippen LogP) is 2.73. The first-order chi connectivity index (χ1) is 21.3. The van der Waals surface area contributed by atoms with Gasteiger partial charge in [-0.15, -0.1) is 11.3 Å². The number of halogens is 1. The summed E-state index contributed by atoms with van der Waals surface area (Å²) in [6.45, 7) is 4.69. The average Bonchev–Trinajstić information content (AvgIpc) is 3.75. The smallest absolute Gasteiger partial charge is 0.410 e. The minimum atomic E-state index is -0.384. The van der Waals surface area contributed by atoms with Gasteiger partial charge in [0.1, 0.15) is 28.6 Å². The Morgan fingerprint density at radius 1 is 1.23 bits per heavy atom. The summed E-state index contributed by atoms with van der Waals surface area (Å²) in [6, 6.07) is 3.65. The number of nitrogens with one attached hydrogen (secondary N) is 1. The van der Waals surface area contributed by atoms with E-state index in [1.165, 1.54) is 24.8 Å². The van der Waals surface area contributed by atoms with Gasteiger partial charge in [0.15, 0.2) is 5.82 Å². The number of aliphatic hydroxyl groups is 1. The average molecular weight is 645 g/mol. The summed E-state index contributed by atoms with van der Waals surface area (Å²) in [5, 5.41) is 16.9. The predicted molar refractivity (Wildman–Crippen MR) is 169 cm³/mol. The molecule has 2 amide bonds. The maximum atomic E-state index is 13.5. The van der Waals surface area contributed by atoms with Crippen molar-refractivity contribution in [2.75, 3.05) is 70.2 Å². The van der Waals surface area contributed by atoms with Crippen molar-refractivity contribution in [3.63, 3.8) is 0 Å². The summed E-state index contributed by atoms with van der Waals surface area (Å²) in [7, 11) is 1.37. The highest BCUT2D eigenvalue weighted by Gasteiger charge is 2.30. The van der Waals surface area contributed by atoms with Crippen LogP contribution in [0.5, 0.6) is 5.75 Å². The van der Waals surface area contributed by atoms with E-state index in [0.29, 0.717) is 52.5 Å². The molecule has 3 aromatic rings. The molecule has 3 aromatic heterocycles. The molecule has 0 bridgehead atoms. The van der Waals surface area contributed by atoms with Gasteiger partial charge >= 0.3 is 6.09 Å². The lowest BCUT2D eigenvalue weighted by molar-refractivity contribution is 0.0849. The Morgan fingerprint density at radius 2 is 2.05 bits per heavy atom. The van der Waals surface area contributed by atoms with E-state index in [9.17, 15) is 14.7 Å². The number of nitrogens with two attached hydrogens (primary N) is 1. The highest BCUT2D eigenvalue weighted by molar-refractivity contribution is 7.18. The van der Waals surface area contributed by atoms with Crippen molar-refractivity contribution in [3.05, 3.63) is 39.4 Å². The number of nitrogen functional groups attached to an aromatic ring is 1. The molecule has 3 aliphatic rings. The Balaban J connectivity index is 1.16. The van der Waals surface area contributed by atoms with Crippen molar-refractivity contribution in [1.29, 1.82) is 0 Å². The zero-order valence-electron chi connectivity index (χ0n) is 24.6. The van der Waals surface area contributed by atoms with Gasteiger partial charge in [-0.1, -0.05) is 17.7 Å². The van der Waals surface area contributed by atoms with Crippen LogP contribution in [-0.4, -0.2) is 113 Å². The van der Waals surface area contributed by atoms with Crippen LogP contribution in [0.4, 0.5) is 16.3 Å². The number of piperidine rings is 2. The monoisotopic (exact) mass is 644 g/mol. The molecule has 4 N–H and O–H groups in total. The molecule has 0 aromatic carbocycles. The number of carbonyl (C=O) groups excluding carboxylic acids is 2. The topological polar surface area (TPSA) is 151 Å². The molecule has 3 aliphatic heterocycles. The van der Waals surface area contributed by atoms with E-state index in [2.05, 4.69) is 25.2 Å². The van der Waals surface area contributed by atoms with Gasteiger partial charge in [0, 0.05) is 51.4 Å². The number of rotatable bonds is 8. The number of likely N-dealkylation sites (tertiary alicyclic amines) is 1. The van der Waals surface area contributed by atoms with Gasteiger partial charge in [0.2, 0.25) is 0 Å². The summed E-state index contributed by atoms with van der Waals surface area (Å²) in [6.07, 6.45) is 6.36. The molecule has 15 heteroatoms. The molecule has 0 spiro atoms. The quantitative estimate of drug-likeness (QED) is 0.334. The van der Waals surface area contributed by atoms with Crippen LogP contribution in [0.1, 0.15) is 41.0 Å². The van der Waals surface area contributed by atoms with Crippen LogP contribution < -0.4 is 20.7 Å². The molecular weight excluding hydrogens is 608 g/mol. The third-order valence-corrected chi connectivity index (χ3v) is 9.70. The van der Waals surface area contributed by atoms with Crippen molar-refractivity contribution >= 4 is 57.5 Å². The lowest BCUT2D eigenvalue weighted by Crippen LogP contribution is -2.47. The van der Waals surface area contributed by atoms with Gasteiger partial charge < -0.3 is 40.3 Å². The van der Waals surface area contributed by atoms with Crippen LogP contribution >= 0.6 is 22.9 Å². The molecule has 1 atom stereocenters. The number of carbonyl (C=O) groups is 2. The number of aliphatic hydroxyl groups excluding tert-OH is 1. The molecule has 44 heavy (non-hydrogen) atoms. The standard InChI is InChI=1S/C29H37ClN8O5S/c1-42-29(41)37-10-4-18(15-37)21-13-22(25-27(31)32-17-33-38(21)25)36-7-2-3-19(16-36)34-28(40)26-23(14-24(30)44-26)43-20-5-8-35(9-6-20)11-12-39/h4,13-14,17,19-20,39H,2-3,5-12,15-16H2,1H3,(H,34,40)(H2,31,32,33)/t19-/m1/s1. The molecule has 236 valence electrons. The first-order valence-corrected chi connectivity index (χ1v) is 16.0. The van der Waals surface area contributed by atoms with Crippen molar-refractivity contribution in [3.8, 4) is 5.75 Å². The maximum absolute atomic E-state index is 13.5. The van der Waals surface area contributed by atoms with E-state index < -0.39 is 0 Å². The van der Waals surface area contributed by atoms with E-state index in [-0.39, 0.29) is 30.8 Å². The number of ether oxygens (including phenoxy) is 2. The maximum Gasteiger partial charge on any atom is 0.410 e. The lowest BCUT2D eigenvalue weighted by atomic mass is 10.0. The van der Waals surface area contributed by atoms with Gasteiger partial charge in [-0.3, -0.25) is 4.79 Å². The second kappa shape index (κ2) is 13.2. The number of hydrogen-bond acceptors (Lipinski definition) is 11. The number of β-amino-alcohol motifs (C(OH)–C–C–N with tert-alkyl or cyclic N) is 1. The first kappa shape index (κ1) is 30.4. The highest BCUT2D eigenvalue weighted by atomic mass is 35.5. The van der Waals surface area contributed by atoms with Gasteiger partial charge in [0.05, 0.1) is 36.0 Å². The second-order valence-electron chi connectivity index (χ2n) is 11.3. The largest absolute Gasteiger partial charge is 0.489 e. The van der Waals surface area contributed by atoms with Crippen molar-refractivity contribution < 1.29 is 24.2 Å². The Labute approximate surface area is 264 Å². The number of methoxy groups -OCH3 is 1. The fourth-order valence-electron chi connectivity index (χ4n) is 6.26. The number of hydrogen-bond donors (Lipinski definition) is 3. The summed E-state index contributed by atoms with van der Waals surface area (Å²) in [5.41, 5.74) is 9.72. The van der Waals surface area contributed by atoms with E-state index in [1.54, 1.807) is 15.5 Å². The summed E-state index contributed by atoms with van der Waals surface area (Å²) in [4.78, 5) is 36.4. The molecule has 2 saturated heterocycles. The molecule has 13 nitrogen and oxygen atoms in total. The van der Waals surface area contributed by atoms with Crippen LogP contribution in [0.2, 0.25) is 4.34 Å². The van der Waals surface area contributed by atoms with Crippen molar-refractivity contribution in [2.45, 2.75) is 37.8 Å². The number of aromatic nitrogens is 3. The van der Waals surface area contributed by atoms with E-state index in [4.69, 9.17) is 26.8 Å². The lowest BCUT2D eigenvalue weighted by Gasteiger charge is -2.34. The Bertz CT molecular complexity index is 1550. The fourth-order valence-corrected chi connectivity index (χ4v) is 7.31. The van der Waals surface area contributed by atoms with Gasteiger partial charge in [0.25, 0.3) is 5.91 Å². The van der Waals surface area contributed by atoms with E-state index in [1.807, 2.05) is 12.1 Å². The SMILES string of the molecule is COC(=O)N1CC=C(c2cc(N3CCC[C@@H](NC(=O)c4sc(Cl)cc4OC4CCN(CCO)CC4)C3)c3c(N)ncnn23)C1. The molecule has 6 rings (SSSR count). The Hall–Kier alpha value is -3.59. The third kappa shape index (κ3) is 6.29. The molecule has 0 unspecified atom stereocenters. The second-order valence-corrected chi connectivity index (χ2v) is 13.0. The first-order valence-electron chi connectivity index (χ1n) is 14.8. The molecule has 0 aliphatic carbocycles. The molecule has 0 saturated carbocycles. The zero-order chi connectivity index (χ0) is 30.8. The van der Waals surface area contributed by atoms with E-state index >= 15 is 0 Å². The Morgan fingerprint density at radius 3 is 2.82 bits per heavy atom. The van der Waals surface area contributed by atoms with Crippen LogP contribution in [0.25, 0.3) is 11.1 Å². The normalized spacial score (nSPS) is 19.8. The van der Waals surface area contributed by atoms with Gasteiger partial charge in [-0.2, -0.15) is 5.10 Å². The van der Waals surface area contributed by atoms with Crippen molar-refractivity contribution in [1.82, 2.24) is 29.7 Å². The van der Waals surface area contributed by atoms with Gasteiger partial charge in [-0.05, 0) is 37.3 Å². The minimum absolute atomic E-state index is 0.00740. The summed E-state index contributed by atoms with van der Waals surface area (Å²) in [5.74, 6) is 0.670. The van der Waals surface area contributed by atoms with Crippen LogP contribution in [0.15, 0.2) is 24.5 Å². The number of anilines is 2. The minimum Gasteiger partial charge on any atom is -0.489 e. The number of fused-ring (bicyclic) bond motifs is 1. The summed E-state index contributed by atoms with van der Waals surface area (Å²) < 4.78 is 13.4.